The Balaban J connectivity index is 2.51. The first kappa shape index (κ1) is 9.30. The van der Waals surface area contributed by atoms with Crippen molar-refractivity contribution in [2.75, 3.05) is 0 Å². The first-order valence-electron chi connectivity index (χ1n) is 4.38. The summed E-state index contributed by atoms with van der Waals surface area (Å²) in [6.07, 6.45) is 3.60. The van der Waals surface area contributed by atoms with Crippen molar-refractivity contribution in [3.8, 4) is 10.4 Å². The van der Waals surface area contributed by atoms with E-state index in [0.717, 1.165) is 21.1 Å². The number of thiazole rings is 1. The predicted octanol–water partition coefficient (Wildman–Crippen LogP) is 1.97. The van der Waals surface area contributed by atoms with Crippen molar-refractivity contribution in [2.45, 2.75) is 13.5 Å². The van der Waals surface area contributed by atoms with E-state index in [4.69, 9.17) is 5.73 Å². The molecule has 2 aromatic heterocycles. The Kier molecular flexibility index (Phi) is 2.56. The van der Waals surface area contributed by atoms with Crippen LogP contribution in [0.3, 0.4) is 0 Å². The zero-order valence-corrected chi connectivity index (χ0v) is 8.71. The van der Waals surface area contributed by atoms with Crippen LogP contribution in [0.4, 0.5) is 0 Å². The second kappa shape index (κ2) is 3.86. The van der Waals surface area contributed by atoms with Gasteiger partial charge in [-0.25, -0.2) is 4.98 Å². The van der Waals surface area contributed by atoms with Gasteiger partial charge in [0, 0.05) is 24.5 Å². The third-order valence-electron chi connectivity index (χ3n) is 1.92. The molecule has 0 radical (unpaired) electrons. The quantitative estimate of drug-likeness (QED) is 0.815. The second-order valence-electron chi connectivity index (χ2n) is 2.95. The van der Waals surface area contributed by atoms with E-state index in [2.05, 4.69) is 9.97 Å². The average molecular weight is 205 g/mol. The Morgan fingerprint density at radius 2 is 2.36 bits per heavy atom. The fourth-order valence-corrected chi connectivity index (χ4v) is 2.27. The molecule has 0 spiro atoms. The lowest BCUT2D eigenvalue weighted by Gasteiger charge is -1.97. The lowest BCUT2D eigenvalue weighted by Crippen LogP contribution is -1.98. The number of hydrogen-bond donors (Lipinski definition) is 1. The SMILES string of the molecule is Cc1nc(CN)c(-c2cccnc2)s1. The molecule has 0 aliphatic rings. The van der Waals surface area contributed by atoms with Gasteiger partial charge in [0.25, 0.3) is 0 Å². The van der Waals surface area contributed by atoms with Crippen LogP contribution in [0.1, 0.15) is 10.7 Å². The van der Waals surface area contributed by atoms with Crippen molar-refractivity contribution in [1.82, 2.24) is 9.97 Å². The number of rotatable bonds is 2. The molecule has 3 nitrogen and oxygen atoms in total. The van der Waals surface area contributed by atoms with E-state index in [-0.39, 0.29) is 0 Å². The van der Waals surface area contributed by atoms with Gasteiger partial charge in [-0.2, -0.15) is 0 Å². The molecule has 2 N–H and O–H groups in total. The molecular weight excluding hydrogens is 194 g/mol. The van der Waals surface area contributed by atoms with Crippen molar-refractivity contribution in [2.24, 2.45) is 5.73 Å². The molecule has 0 amide bonds. The fourth-order valence-electron chi connectivity index (χ4n) is 1.33. The third kappa shape index (κ3) is 1.66. The molecule has 4 heteroatoms. The number of pyridine rings is 1. The lowest BCUT2D eigenvalue weighted by atomic mass is 10.2. The van der Waals surface area contributed by atoms with Crippen LogP contribution in [-0.2, 0) is 6.54 Å². The van der Waals surface area contributed by atoms with E-state index in [1.54, 1.807) is 17.5 Å². The molecule has 14 heavy (non-hydrogen) atoms. The van der Waals surface area contributed by atoms with Crippen LogP contribution in [0.15, 0.2) is 24.5 Å². The molecule has 0 aliphatic carbocycles. The Morgan fingerprint density at radius 3 is 3.00 bits per heavy atom. The topological polar surface area (TPSA) is 51.8 Å². The molecule has 0 unspecified atom stereocenters. The van der Waals surface area contributed by atoms with Crippen LogP contribution in [-0.4, -0.2) is 9.97 Å². The molecule has 2 rings (SSSR count). The van der Waals surface area contributed by atoms with E-state index >= 15 is 0 Å². The minimum absolute atomic E-state index is 0.481. The highest BCUT2D eigenvalue weighted by atomic mass is 32.1. The molecule has 0 aromatic carbocycles. The van der Waals surface area contributed by atoms with Crippen LogP contribution in [0.2, 0.25) is 0 Å². The highest BCUT2D eigenvalue weighted by Gasteiger charge is 2.08. The Labute approximate surface area is 86.6 Å². The number of aryl methyl sites for hydroxylation is 1. The van der Waals surface area contributed by atoms with Gasteiger partial charge in [-0.1, -0.05) is 6.07 Å². The lowest BCUT2D eigenvalue weighted by molar-refractivity contribution is 1.00. The molecule has 2 heterocycles. The van der Waals surface area contributed by atoms with E-state index in [9.17, 15) is 0 Å². The van der Waals surface area contributed by atoms with Gasteiger partial charge in [0.2, 0.25) is 0 Å². The summed E-state index contributed by atoms with van der Waals surface area (Å²) < 4.78 is 0. The average Bonchev–Trinajstić information content (AvgIpc) is 2.61. The molecule has 0 saturated carbocycles. The number of nitrogens with two attached hydrogens (primary N) is 1. The Hall–Kier alpha value is -1.26. The zero-order valence-electron chi connectivity index (χ0n) is 7.90. The van der Waals surface area contributed by atoms with Gasteiger partial charge in [0.1, 0.15) is 0 Å². The summed E-state index contributed by atoms with van der Waals surface area (Å²) in [5.41, 5.74) is 7.68. The van der Waals surface area contributed by atoms with Crippen molar-refractivity contribution >= 4 is 11.3 Å². The van der Waals surface area contributed by atoms with Crippen LogP contribution >= 0.6 is 11.3 Å². The minimum Gasteiger partial charge on any atom is -0.325 e. The summed E-state index contributed by atoms with van der Waals surface area (Å²) in [4.78, 5) is 9.59. The monoisotopic (exact) mass is 205 g/mol. The van der Waals surface area contributed by atoms with E-state index in [1.807, 2.05) is 25.3 Å². The standard InChI is InChI=1S/C10H11N3S/c1-7-13-9(5-11)10(14-7)8-3-2-4-12-6-8/h2-4,6H,5,11H2,1H3. The van der Waals surface area contributed by atoms with E-state index in [0.29, 0.717) is 6.54 Å². The highest BCUT2D eigenvalue weighted by Crippen LogP contribution is 2.28. The molecule has 2 aromatic rings. The number of aromatic nitrogens is 2. The normalized spacial score (nSPS) is 10.4. The molecule has 0 saturated heterocycles. The van der Waals surface area contributed by atoms with Crippen molar-refractivity contribution in [1.29, 1.82) is 0 Å². The summed E-state index contributed by atoms with van der Waals surface area (Å²) in [6, 6.07) is 3.95. The summed E-state index contributed by atoms with van der Waals surface area (Å²) >= 11 is 1.66. The molecule has 72 valence electrons. The van der Waals surface area contributed by atoms with Crippen LogP contribution < -0.4 is 5.73 Å². The smallest absolute Gasteiger partial charge is 0.0904 e. The highest BCUT2D eigenvalue weighted by molar-refractivity contribution is 7.15. The largest absolute Gasteiger partial charge is 0.325 e. The minimum atomic E-state index is 0.481. The first-order chi connectivity index (χ1) is 6.81. The van der Waals surface area contributed by atoms with E-state index < -0.39 is 0 Å². The van der Waals surface area contributed by atoms with Crippen LogP contribution in [0, 0.1) is 6.92 Å². The van der Waals surface area contributed by atoms with Gasteiger partial charge in [-0.15, -0.1) is 11.3 Å². The molecule has 0 atom stereocenters. The first-order valence-corrected chi connectivity index (χ1v) is 5.19. The summed E-state index contributed by atoms with van der Waals surface area (Å²) in [6.45, 7) is 2.47. The van der Waals surface area contributed by atoms with Crippen molar-refractivity contribution in [3.63, 3.8) is 0 Å². The second-order valence-corrected chi connectivity index (χ2v) is 4.16. The Bertz CT molecular complexity index is 422. The molecule has 0 fully saturated rings. The van der Waals surface area contributed by atoms with E-state index in [1.165, 1.54) is 0 Å². The van der Waals surface area contributed by atoms with Crippen LogP contribution in [0.25, 0.3) is 10.4 Å². The van der Waals surface area contributed by atoms with Crippen molar-refractivity contribution in [3.05, 3.63) is 35.2 Å². The van der Waals surface area contributed by atoms with Gasteiger partial charge in [0.05, 0.1) is 15.6 Å². The van der Waals surface area contributed by atoms with Gasteiger partial charge in [-0.05, 0) is 13.0 Å². The molecule has 0 bridgehead atoms. The van der Waals surface area contributed by atoms with Crippen LogP contribution in [0.5, 0.6) is 0 Å². The third-order valence-corrected chi connectivity index (χ3v) is 2.98. The van der Waals surface area contributed by atoms with Crippen molar-refractivity contribution < 1.29 is 0 Å². The Morgan fingerprint density at radius 1 is 1.50 bits per heavy atom. The summed E-state index contributed by atoms with van der Waals surface area (Å²) in [5.74, 6) is 0. The van der Waals surface area contributed by atoms with Gasteiger partial charge >= 0.3 is 0 Å². The van der Waals surface area contributed by atoms with Gasteiger partial charge in [-0.3, -0.25) is 4.98 Å². The maximum atomic E-state index is 5.63. The van der Waals surface area contributed by atoms with Gasteiger partial charge in [0.15, 0.2) is 0 Å². The number of hydrogen-bond acceptors (Lipinski definition) is 4. The summed E-state index contributed by atoms with van der Waals surface area (Å²) in [5, 5.41) is 1.05. The number of nitrogens with zero attached hydrogens (tertiary/aromatic N) is 2. The maximum absolute atomic E-state index is 5.63. The predicted molar refractivity (Wildman–Crippen MR) is 58.0 cm³/mol. The zero-order chi connectivity index (χ0) is 9.97. The fraction of sp³-hybridized carbons (Fsp3) is 0.200. The maximum Gasteiger partial charge on any atom is 0.0904 e. The summed E-state index contributed by atoms with van der Waals surface area (Å²) in [7, 11) is 0. The molecule has 0 aliphatic heterocycles. The molecular formula is C10H11N3S. The van der Waals surface area contributed by atoms with Gasteiger partial charge < -0.3 is 5.73 Å².